The van der Waals surface area contributed by atoms with Crippen molar-refractivity contribution in [1.82, 2.24) is 19.9 Å². The number of Topliss-reactive ketones (excluding diaryl/α,β-unsaturated/α-hetero) is 1. The molecule has 3 aromatic carbocycles. The number of benzene rings is 3. The molecule has 1 aliphatic heterocycles. The number of carbonyl (C=O) groups is 1. The molecule has 0 amide bonds. The van der Waals surface area contributed by atoms with Gasteiger partial charge in [0.1, 0.15) is 29.0 Å². The summed E-state index contributed by atoms with van der Waals surface area (Å²) in [5.74, 6) is 0.353. The largest absolute Gasteiger partial charge is 0.489 e. The Morgan fingerprint density at radius 2 is 1.95 bits per heavy atom. The first-order valence-corrected chi connectivity index (χ1v) is 14.1. The first kappa shape index (κ1) is 28.0. The maximum atomic E-state index is 14.8. The van der Waals surface area contributed by atoms with E-state index in [1.54, 1.807) is 17.7 Å². The lowest BCUT2D eigenvalue weighted by Gasteiger charge is -2.35. The average Bonchev–Trinajstić information content (AvgIpc) is 3.18. The number of nitrogens with zero attached hydrogens (tertiary/aromatic N) is 4. The number of fused-ring (bicyclic) bond motifs is 2. The van der Waals surface area contributed by atoms with Crippen LogP contribution in [-0.4, -0.2) is 38.3 Å². The summed E-state index contributed by atoms with van der Waals surface area (Å²) in [6, 6.07) is 15.8. The highest BCUT2D eigenvalue weighted by molar-refractivity contribution is 5.85. The number of hydrogen-bond acceptors (Lipinski definition) is 5. The van der Waals surface area contributed by atoms with Gasteiger partial charge in [-0.3, -0.25) is 9.69 Å². The van der Waals surface area contributed by atoms with Crippen LogP contribution in [0.15, 0.2) is 48.5 Å². The summed E-state index contributed by atoms with van der Waals surface area (Å²) < 4.78 is 22.8. The standard InChI is InChI=1S/C33H39FN4O2/c1-8-25-18-38(19-27-28(34)10-9-11-30(27)40-25)17-24-16-23(13-12-20(24)2)31(33(5,6)22(4)39)26-14-15-29-32(21(26)3)35-36-37(29)7/h9-16,25,31H,8,17-19H2,1-7H3/t25-,31?/m1/s1. The summed E-state index contributed by atoms with van der Waals surface area (Å²) in [6.07, 6.45) is 0.821. The van der Waals surface area contributed by atoms with E-state index in [9.17, 15) is 9.18 Å². The van der Waals surface area contributed by atoms with Crippen molar-refractivity contribution >= 4 is 16.8 Å². The molecular formula is C33H39FN4O2. The minimum absolute atomic E-state index is 0.0164. The van der Waals surface area contributed by atoms with Crippen LogP contribution >= 0.6 is 0 Å². The van der Waals surface area contributed by atoms with Crippen LogP contribution < -0.4 is 4.74 Å². The number of halogens is 1. The van der Waals surface area contributed by atoms with Gasteiger partial charge in [0.25, 0.3) is 0 Å². The Balaban J connectivity index is 1.57. The average molecular weight is 543 g/mol. The second-order valence-electron chi connectivity index (χ2n) is 11.8. The zero-order valence-electron chi connectivity index (χ0n) is 24.6. The normalized spacial score (nSPS) is 16.9. The van der Waals surface area contributed by atoms with Gasteiger partial charge in [0.15, 0.2) is 0 Å². The molecule has 1 aliphatic rings. The summed E-state index contributed by atoms with van der Waals surface area (Å²) >= 11 is 0. The number of aryl methyl sites for hydroxylation is 3. The van der Waals surface area contributed by atoms with Crippen LogP contribution in [0.1, 0.15) is 73.4 Å². The third-order valence-electron chi connectivity index (χ3n) is 8.79. The molecule has 0 N–H and O–H groups in total. The first-order chi connectivity index (χ1) is 19.0. The highest BCUT2D eigenvalue weighted by Gasteiger charge is 2.38. The summed E-state index contributed by atoms with van der Waals surface area (Å²) in [5.41, 5.74) is 7.29. The van der Waals surface area contributed by atoms with Gasteiger partial charge in [0.05, 0.1) is 5.52 Å². The lowest BCUT2D eigenvalue weighted by atomic mass is 9.68. The molecule has 0 radical (unpaired) electrons. The first-order valence-electron chi connectivity index (χ1n) is 14.1. The van der Waals surface area contributed by atoms with Gasteiger partial charge in [-0.2, -0.15) is 0 Å². The molecule has 0 saturated carbocycles. The van der Waals surface area contributed by atoms with Crippen LogP contribution in [0.25, 0.3) is 11.0 Å². The van der Waals surface area contributed by atoms with Crippen molar-refractivity contribution < 1.29 is 13.9 Å². The quantitative estimate of drug-likeness (QED) is 0.262. The van der Waals surface area contributed by atoms with E-state index in [1.807, 2.05) is 33.0 Å². The number of ketones is 1. The molecule has 1 unspecified atom stereocenters. The van der Waals surface area contributed by atoms with Gasteiger partial charge in [-0.15, -0.1) is 5.10 Å². The van der Waals surface area contributed by atoms with Crippen LogP contribution in [0.3, 0.4) is 0 Å². The van der Waals surface area contributed by atoms with E-state index in [1.165, 1.54) is 6.07 Å². The van der Waals surface area contributed by atoms with Crippen molar-refractivity contribution in [2.24, 2.45) is 12.5 Å². The Kier molecular flexibility index (Phi) is 7.53. The molecule has 40 heavy (non-hydrogen) atoms. The van der Waals surface area contributed by atoms with Crippen LogP contribution in [0.2, 0.25) is 0 Å². The molecule has 7 heteroatoms. The minimum Gasteiger partial charge on any atom is -0.489 e. The molecule has 6 nitrogen and oxygen atoms in total. The summed E-state index contributed by atoms with van der Waals surface area (Å²) in [4.78, 5) is 15.3. The fraction of sp³-hybridized carbons (Fsp3) is 0.424. The van der Waals surface area contributed by atoms with Gasteiger partial charge in [0.2, 0.25) is 0 Å². The molecule has 0 spiro atoms. The molecule has 5 rings (SSSR count). The summed E-state index contributed by atoms with van der Waals surface area (Å²) in [7, 11) is 1.89. The topological polar surface area (TPSA) is 60.2 Å². The fourth-order valence-electron chi connectivity index (χ4n) is 5.96. The molecule has 1 aromatic heterocycles. The minimum atomic E-state index is -0.654. The van der Waals surface area contributed by atoms with Gasteiger partial charge in [-0.1, -0.05) is 56.3 Å². The summed E-state index contributed by atoms with van der Waals surface area (Å²) in [6.45, 7) is 13.8. The molecular weight excluding hydrogens is 503 g/mol. The van der Waals surface area contributed by atoms with Crippen LogP contribution in [-0.2, 0) is 24.9 Å². The van der Waals surface area contributed by atoms with E-state index in [-0.39, 0.29) is 23.6 Å². The zero-order valence-corrected chi connectivity index (χ0v) is 24.6. The molecule has 2 heterocycles. The second kappa shape index (κ2) is 10.8. The highest BCUT2D eigenvalue weighted by atomic mass is 19.1. The van der Waals surface area contributed by atoms with Gasteiger partial charge in [0, 0.05) is 43.6 Å². The Hall–Kier alpha value is -3.58. The fourth-order valence-corrected chi connectivity index (χ4v) is 5.96. The van der Waals surface area contributed by atoms with Gasteiger partial charge in [-0.25, -0.2) is 9.07 Å². The van der Waals surface area contributed by atoms with E-state index < -0.39 is 5.41 Å². The van der Waals surface area contributed by atoms with E-state index in [2.05, 4.69) is 60.2 Å². The van der Waals surface area contributed by atoms with Gasteiger partial charge < -0.3 is 4.74 Å². The number of hydrogen-bond donors (Lipinski definition) is 0. The third-order valence-corrected chi connectivity index (χ3v) is 8.79. The Morgan fingerprint density at radius 1 is 1.18 bits per heavy atom. The van der Waals surface area contributed by atoms with Gasteiger partial charge in [-0.05, 0) is 73.2 Å². The van der Waals surface area contributed by atoms with Crippen LogP contribution in [0, 0.1) is 25.1 Å². The molecule has 0 aliphatic carbocycles. The monoisotopic (exact) mass is 542 g/mol. The summed E-state index contributed by atoms with van der Waals surface area (Å²) in [5, 5.41) is 8.64. The lowest BCUT2D eigenvalue weighted by molar-refractivity contribution is -0.125. The van der Waals surface area contributed by atoms with Crippen molar-refractivity contribution in [1.29, 1.82) is 0 Å². The number of ether oxygens (including phenoxy) is 1. The Labute approximate surface area is 236 Å². The molecule has 4 aromatic rings. The molecule has 2 atom stereocenters. The van der Waals surface area contributed by atoms with E-state index >= 15 is 0 Å². The maximum absolute atomic E-state index is 14.8. The van der Waals surface area contributed by atoms with Crippen molar-refractivity contribution in [2.75, 3.05) is 6.54 Å². The van der Waals surface area contributed by atoms with Gasteiger partial charge >= 0.3 is 0 Å². The van der Waals surface area contributed by atoms with Crippen molar-refractivity contribution in [2.45, 2.75) is 73.1 Å². The van der Waals surface area contributed by atoms with E-state index in [4.69, 9.17) is 4.74 Å². The zero-order chi connectivity index (χ0) is 28.8. The molecule has 210 valence electrons. The van der Waals surface area contributed by atoms with Crippen LogP contribution in [0.5, 0.6) is 5.75 Å². The Bertz CT molecular complexity index is 1570. The number of aromatic nitrogens is 3. The maximum Gasteiger partial charge on any atom is 0.136 e. The smallest absolute Gasteiger partial charge is 0.136 e. The van der Waals surface area contributed by atoms with E-state index in [0.717, 1.165) is 45.3 Å². The van der Waals surface area contributed by atoms with Crippen LogP contribution in [0.4, 0.5) is 4.39 Å². The van der Waals surface area contributed by atoms with Crippen molar-refractivity contribution in [3.8, 4) is 5.75 Å². The predicted octanol–water partition coefficient (Wildman–Crippen LogP) is 6.64. The van der Waals surface area contributed by atoms with E-state index in [0.29, 0.717) is 30.9 Å². The predicted molar refractivity (Wildman–Crippen MR) is 156 cm³/mol. The number of rotatable bonds is 7. The molecule has 0 fully saturated rings. The SMILES string of the molecule is CC[C@@H]1CN(Cc2cc(C(c3ccc4c(nnn4C)c3C)C(C)(C)C(C)=O)ccc2C)Cc2c(F)cccc2O1. The molecule has 0 saturated heterocycles. The lowest BCUT2D eigenvalue weighted by Crippen LogP contribution is -2.33. The van der Waals surface area contributed by atoms with Crippen molar-refractivity contribution in [3.05, 3.63) is 87.7 Å². The Morgan fingerprint density at radius 3 is 2.67 bits per heavy atom. The third kappa shape index (κ3) is 5.03. The molecule has 0 bridgehead atoms. The number of carbonyl (C=O) groups excluding carboxylic acids is 1. The van der Waals surface area contributed by atoms with Crippen molar-refractivity contribution in [3.63, 3.8) is 0 Å². The highest BCUT2D eigenvalue weighted by Crippen LogP contribution is 2.44. The second-order valence-corrected chi connectivity index (χ2v) is 11.8.